The van der Waals surface area contributed by atoms with E-state index in [4.69, 9.17) is 4.74 Å². The third-order valence-electron chi connectivity index (χ3n) is 3.30. The van der Waals surface area contributed by atoms with Gasteiger partial charge in [0.2, 0.25) is 0 Å². The predicted molar refractivity (Wildman–Crippen MR) is 65.2 cm³/mol. The number of carbonyl (C=O) groups excluding carboxylic acids is 1. The van der Waals surface area contributed by atoms with E-state index in [1.165, 1.54) is 32.8 Å². The first-order valence-corrected chi connectivity index (χ1v) is 6.44. The topological polar surface area (TPSA) is 38.3 Å². The van der Waals surface area contributed by atoms with E-state index in [1.807, 2.05) is 0 Å². The Morgan fingerprint density at radius 1 is 1.38 bits per heavy atom. The number of nitrogens with one attached hydrogen (secondary N) is 1. The van der Waals surface area contributed by atoms with Crippen molar-refractivity contribution >= 4 is 5.97 Å². The molecule has 3 heteroatoms. The van der Waals surface area contributed by atoms with Gasteiger partial charge in [-0.05, 0) is 25.2 Å². The van der Waals surface area contributed by atoms with E-state index < -0.39 is 0 Å². The Morgan fingerprint density at radius 3 is 2.50 bits per heavy atom. The zero-order valence-electron chi connectivity index (χ0n) is 10.8. The molecule has 0 saturated heterocycles. The van der Waals surface area contributed by atoms with Crippen LogP contribution in [0.3, 0.4) is 0 Å². The zero-order valence-corrected chi connectivity index (χ0v) is 10.8. The summed E-state index contributed by atoms with van der Waals surface area (Å²) in [6.07, 6.45) is 6.08. The smallest absolute Gasteiger partial charge is 0.309 e. The second-order valence-electron chi connectivity index (χ2n) is 5.24. The molecule has 0 aromatic carbocycles. The van der Waals surface area contributed by atoms with Crippen LogP contribution in [-0.4, -0.2) is 25.7 Å². The molecule has 0 radical (unpaired) electrons. The van der Waals surface area contributed by atoms with Crippen LogP contribution in [0.25, 0.3) is 0 Å². The summed E-state index contributed by atoms with van der Waals surface area (Å²) in [5, 5.41) is 3.50. The number of ether oxygens (including phenoxy) is 1. The van der Waals surface area contributed by atoms with Gasteiger partial charge in [0.25, 0.3) is 0 Å². The molecule has 0 heterocycles. The van der Waals surface area contributed by atoms with Crippen molar-refractivity contribution in [2.24, 2.45) is 11.8 Å². The molecule has 3 nitrogen and oxygen atoms in total. The maximum atomic E-state index is 11.6. The van der Waals surface area contributed by atoms with Crippen LogP contribution in [0.4, 0.5) is 0 Å². The lowest BCUT2D eigenvalue weighted by atomic mass is 9.97. The molecule has 94 valence electrons. The third kappa shape index (κ3) is 4.52. The number of hydrogen-bond donors (Lipinski definition) is 1. The maximum absolute atomic E-state index is 11.6. The first-order chi connectivity index (χ1) is 7.63. The Morgan fingerprint density at radius 2 is 2.00 bits per heavy atom. The molecular formula is C13H25NO2. The lowest BCUT2D eigenvalue weighted by molar-refractivity contribution is -0.145. The molecule has 1 aliphatic rings. The first kappa shape index (κ1) is 13.5. The fraction of sp³-hybridized carbons (Fsp3) is 0.923. The van der Waals surface area contributed by atoms with Crippen molar-refractivity contribution in [2.45, 2.75) is 52.0 Å². The van der Waals surface area contributed by atoms with Crippen molar-refractivity contribution in [1.82, 2.24) is 5.32 Å². The minimum Gasteiger partial charge on any atom is -0.469 e. The summed E-state index contributed by atoms with van der Waals surface area (Å²) in [7, 11) is 1.48. The fourth-order valence-electron chi connectivity index (χ4n) is 2.44. The third-order valence-corrected chi connectivity index (χ3v) is 3.30. The van der Waals surface area contributed by atoms with Crippen LogP contribution in [0.5, 0.6) is 0 Å². The summed E-state index contributed by atoms with van der Waals surface area (Å²) >= 11 is 0. The van der Waals surface area contributed by atoms with Crippen molar-refractivity contribution in [2.75, 3.05) is 13.7 Å². The van der Waals surface area contributed by atoms with Crippen LogP contribution >= 0.6 is 0 Å². The average Bonchev–Trinajstić information content (AvgIpc) is 2.75. The Kier molecular flexibility index (Phi) is 5.81. The van der Waals surface area contributed by atoms with Gasteiger partial charge in [-0.25, -0.2) is 0 Å². The fourth-order valence-corrected chi connectivity index (χ4v) is 2.44. The van der Waals surface area contributed by atoms with Gasteiger partial charge in [-0.1, -0.05) is 26.7 Å². The normalized spacial score (nSPS) is 19.0. The van der Waals surface area contributed by atoms with Crippen molar-refractivity contribution in [3.63, 3.8) is 0 Å². The van der Waals surface area contributed by atoms with Gasteiger partial charge in [-0.3, -0.25) is 4.79 Å². The molecule has 0 bridgehead atoms. The highest BCUT2D eigenvalue weighted by molar-refractivity contribution is 5.72. The predicted octanol–water partition coefficient (Wildman–Crippen LogP) is 2.35. The van der Waals surface area contributed by atoms with Crippen LogP contribution in [0.2, 0.25) is 0 Å². The number of rotatable bonds is 6. The molecule has 16 heavy (non-hydrogen) atoms. The van der Waals surface area contributed by atoms with E-state index in [9.17, 15) is 4.79 Å². The highest BCUT2D eigenvalue weighted by Gasteiger charge is 2.22. The molecule has 0 aromatic rings. The van der Waals surface area contributed by atoms with Crippen molar-refractivity contribution in [3.05, 3.63) is 0 Å². The zero-order chi connectivity index (χ0) is 12.0. The number of methoxy groups -OCH3 is 1. The standard InChI is InChI=1S/C13H25NO2/c1-10(2)8-11(13(15)16-3)9-14-12-6-4-5-7-12/h10-12,14H,4-9H2,1-3H3. The highest BCUT2D eigenvalue weighted by atomic mass is 16.5. The van der Waals surface area contributed by atoms with Gasteiger partial charge in [0.1, 0.15) is 0 Å². The summed E-state index contributed by atoms with van der Waals surface area (Å²) < 4.78 is 4.85. The molecule has 1 N–H and O–H groups in total. The Labute approximate surface area is 98.9 Å². The quantitative estimate of drug-likeness (QED) is 0.708. The van der Waals surface area contributed by atoms with E-state index in [1.54, 1.807) is 0 Å². The van der Waals surface area contributed by atoms with Gasteiger partial charge in [0, 0.05) is 12.6 Å². The molecule has 1 rings (SSSR count). The Hall–Kier alpha value is -0.570. The second kappa shape index (κ2) is 6.89. The number of carbonyl (C=O) groups is 1. The van der Waals surface area contributed by atoms with Crippen molar-refractivity contribution in [1.29, 1.82) is 0 Å². The number of hydrogen-bond acceptors (Lipinski definition) is 3. The van der Waals surface area contributed by atoms with Crippen molar-refractivity contribution < 1.29 is 9.53 Å². The molecule has 1 saturated carbocycles. The molecule has 0 amide bonds. The van der Waals surface area contributed by atoms with Gasteiger partial charge in [-0.2, -0.15) is 0 Å². The minimum atomic E-state index is -0.0702. The molecule has 1 unspecified atom stereocenters. The molecule has 1 aliphatic carbocycles. The molecule has 0 spiro atoms. The Balaban J connectivity index is 2.33. The maximum Gasteiger partial charge on any atom is 0.309 e. The van der Waals surface area contributed by atoms with E-state index >= 15 is 0 Å². The van der Waals surface area contributed by atoms with Gasteiger partial charge in [-0.15, -0.1) is 0 Å². The lowest BCUT2D eigenvalue weighted by Gasteiger charge is -2.20. The molecule has 0 aromatic heterocycles. The monoisotopic (exact) mass is 227 g/mol. The molecule has 0 aliphatic heterocycles. The summed E-state index contributed by atoms with van der Waals surface area (Å²) in [6.45, 7) is 5.06. The first-order valence-electron chi connectivity index (χ1n) is 6.44. The van der Waals surface area contributed by atoms with Gasteiger partial charge >= 0.3 is 5.97 Å². The van der Waals surface area contributed by atoms with Crippen LogP contribution in [0.15, 0.2) is 0 Å². The molecular weight excluding hydrogens is 202 g/mol. The van der Waals surface area contributed by atoms with Crippen LogP contribution in [-0.2, 0) is 9.53 Å². The SMILES string of the molecule is COC(=O)C(CNC1CCCC1)CC(C)C. The van der Waals surface area contributed by atoms with Crippen LogP contribution in [0, 0.1) is 11.8 Å². The molecule has 1 atom stereocenters. The number of esters is 1. The van der Waals surface area contributed by atoms with Crippen LogP contribution in [0.1, 0.15) is 46.0 Å². The summed E-state index contributed by atoms with van der Waals surface area (Å²) in [4.78, 5) is 11.6. The van der Waals surface area contributed by atoms with Crippen molar-refractivity contribution in [3.8, 4) is 0 Å². The minimum absolute atomic E-state index is 0.0191. The summed E-state index contributed by atoms with van der Waals surface area (Å²) in [6, 6.07) is 0.624. The molecule has 1 fully saturated rings. The highest BCUT2D eigenvalue weighted by Crippen LogP contribution is 2.19. The van der Waals surface area contributed by atoms with E-state index in [-0.39, 0.29) is 11.9 Å². The van der Waals surface area contributed by atoms with Gasteiger partial charge in [0.05, 0.1) is 13.0 Å². The van der Waals surface area contributed by atoms with Gasteiger partial charge < -0.3 is 10.1 Å². The average molecular weight is 227 g/mol. The van der Waals surface area contributed by atoms with E-state index in [0.29, 0.717) is 12.0 Å². The van der Waals surface area contributed by atoms with E-state index in [0.717, 1.165) is 13.0 Å². The van der Waals surface area contributed by atoms with Crippen LogP contribution < -0.4 is 5.32 Å². The summed E-state index contributed by atoms with van der Waals surface area (Å²) in [5.74, 6) is 0.485. The van der Waals surface area contributed by atoms with E-state index in [2.05, 4.69) is 19.2 Å². The largest absolute Gasteiger partial charge is 0.469 e. The summed E-state index contributed by atoms with van der Waals surface area (Å²) in [5.41, 5.74) is 0. The Bertz CT molecular complexity index is 210. The lowest BCUT2D eigenvalue weighted by Crippen LogP contribution is -2.35. The second-order valence-corrected chi connectivity index (χ2v) is 5.24. The van der Waals surface area contributed by atoms with Gasteiger partial charge in [0.15, 0.2) is 0 Å².